The normalized spacial score (nSPS) is 27.8. The van der Waals surface area contributed by atoms with Gasteiger partial charge in [-0.2, -0.15) is 0 Å². The Hall–Kier alpha value is -0.930. The van der Waals surface area contributed by atoms with E-state index in [1.54, 1.807) is 6.20 Å². The molecule has 1 aliphatic rings. The number of ether oxygens (including phenoxy) is 1. The summed E-state index contributed by atoms with van der Waals surface area (Å²) in [6, 6.07) is 3.98. The molecule has 2 N–H and O–H groups in total. The maximum absolute atomic E-state index is 5.66. The molecule has 0 spiro atoms. The third kappa shape index (κ3) is 1.71. The predicted molar refractivity (Wildman–Crippen MR) is 50.1 cm³/mol. The Balaban J connectivity index is 2.16. The Bertz CT molecular complexity index is 263. The van der Waals surface area contributed by atoms with Crippen LogP contribution in [-0.4, -0.2) is 18.1 Å². The van der Waals surface area contributed by atoms with E-state index in [0.29, 0.717) is 12.5 Å². The van der Waals surface area contributed by atoms with E-state index >= 15 is 0 Å². The SMILES string of the molecule is NCC1CCOC1c1cccnc1. The van der Waals surface area contributed by atoms with Crippen LogP contribution < -0.4 is 5.73 Å². The van der Waals surface area contributed by atoms with Gasteiger partial charge in [0.1, 0.15) is 0 Å². The number of rotatable bonds is 2. The summed E-state index contributed by atoms with van der Waals surface area (Å²) in [6.45, 7) is 1.51. The van der Waals surface area contributed by atoms with Crippen LogP contribution >= 0.6 is 0 Å². The maximum atomic E-state index is 5.66. The molecular weight excluding hydrogens is 164 g/mol. The monoisotopic (exact) mass is 178 g/mol. The van der Waals surface area contributed by atoms with Gasteiger partial charge in [0.2, 0.25) is 0 Å². The summed E-state index contributed by atoms with van der Waals surface area (Å²) >= 11 is 0. The molecule has 0 aromatic carbocycles. The van der Waals surface area contributed by atoms with Crippen molar-refractivity contribution >= 4 is 0 Å². The average molecular weight is 178 g/mol. The molecule has 0 radical (unpaired) electrons. The van der Waals surface area contributed by atoms with E-state index in [1.807, 2.05) is 18.3 Å². The molecule has 0 saturated carbocycles. The van der Waals surface area contributed by atoms with Crippen molar-refractivity contribution < 1.29 is 4.74 Å². The summed E-state index contributed by atoms with van der Waals surface area (Å²) in [5.74, 6) is 0.462. The zero-order valence-corrected chi connectivity index (χ0v) is 7.52. The summed E-state index contributed by atoms with van der Waals surface area (Å²) < 4.78 is 5.62. The number of nitrogens with zero attached hydrogens (tertiary/aromatic N) is 1. The van der Waals surface area contributed by atoms with Crippen LogP contribution in [-0.2, 0) is 4.74 Å². The lowest BCUT2D eigenvalue weighted by Crippen LogP contribution is -2.17. The molecule has 13 heavy (non-hydrogen) atoms. The predicted octanol–water partition coefficient (Wildman–Crippen LogP) is 1.12. The van der Waals surface area contributed by atoms with Gasteiger partial charge in [-0.1, -0.05) is 6.07 Å². The van der Waals surface area contributed by atoms with Gasteiger partial charge >= 0.3 is 0 Å². The molecule has 1 aromatic heterocycles. The third-order valence-corrected chi connectivity index (χ3v) is 2.53. The van der Waals surface area contributed by atoms with Crippen LogP contribution in [0.2, 0.25) is 0 Å². The number of aromatic nitrogens is 1. The quantitative estimate of drug-likeness (QED) is 0.738. The Kier molecular flexibility index (Phi) is 2.57. The lowest BCUT2D eigenvalue weighted by Gasteiger charge is -2.16. The molecule has 3 heteroatoms. The van der Waals surface area contributed by atoms with E-state index in [1.165, 1.54) is 0 Å². The molecule has 70 valence electrons. The second-order valence-corrected chi connectivity index (χ2v) is 3.36. The fraction of sp³-hybridized carbons (Fsp3) is 0.500. The highest BCUT2D eigenvalue weighted by atomic mass is 16.5. The Morgan fingerprint density at radius 2 is 2.54 bits per heavy atom. The second kappa shape index (κ2) is 3.85. The van der Waals surface area contributed by atoms with Crippen LogP contribution in [0.5, 0.6) is 0 Å². The standard InChI is InChI=1S/C10H14N2O/c11-6-8-3-5-13-10(8)9-2-1-4-12-7-9/h1-2,4,7-8,10H,3,5-6,11H2. The van der Waals surface area contributed by atoms with Crippen LogP contribution in [0.1, 0.15) is 18.1 Å². The molecule has 2 rings (SSSR count). The van der Waals surface area contributed by atoms with Gasteiger partial charge in [0.25, 0.3) is 0 Å². The minimum absolute atomic E-state index is 0.165. The van der Waals surface area contributed by atoms with Crippen LogP contribution in [0.3, 0.4) is 0 Å². The molecule has 0 bridgehead atoms. The fourth-order valence-corrected chi connectivity index (χ4v) is 1.79. The summed E-state index contributed by atoms with van der Waals surface area (Å²) in [7, 11) is 0. The first-order valence-corrected chi connectivity index (χ1v) is 4.63. The molecule has 2 atom stereocenters. The molecule has 1 aromatic rings. The third-order valence-electron chi connectivity index (χ3n) is 2.53. The minimum atomic E-state index is 0.165. The van der Waals surface area contributed by atoms with Crippen molar-refractivity contribution in [3.63, 3.8) is 0 Å². The zero-order valence-electron chi connectivity index (χ0n) is 7.52. The van der Waals surface area contributed by atoms with Gasteiger partial charge in [0.05, 0.1) is 6.10 Å². The number of hydrogen-bond donors (Lipinski definition) is 1. The average Bonchev–Trinajstić information content (AvgIpc) is 2.67. The maximum Gasteiger partial charge on any atom is 0.0880 e. The molecule has 3 nitrogen and oxygen atoms in total. The Morgan fingerprint density at radius 1 is 1.62 bits per heavy atom. The van der Waals surface area contributed by atoms with E-state index in [-0.39, 0.29) is 6.10 Å². The molecule has 1 fully saturated rings. The van der Waals surface area contributed by atoms with Gasteiger partial charge in [-0.3, -0.25) is 4.98 Å². The van der Waals surface area contributed by atoms with Crippen molar-refractivity contribution in [1.82, 2.24) is 4.98 Å². The largest absolute Gasteiger partial charge is 0.373 e. The minimum Gasteiger partial charge on any atom is -0.373 e. The fourth-order valence-electron chi connectivity index (χ4n) is 1.79. The molecular formula is C10H14N2O. The summed E-state index contributed by atoms with van der Waals surface area (Å²) in [4.78, 5) is 4.08. The van der Waals surface area contributed by atoms with E-state index in [9.17, 15) is 0 Å². The van der Waals surface area contributed by atoms with Crippen molar-refractivity contribution in [3.05, 3.63) is 30.1 Å². The summed E-state index contributed by atoms with van der Waals surface area (Å²) in [5.41, 5.74) is 6.81. The molecule has 2 unspecified atom stereocenters. The van der Waals surface area contributed by atoms with Gasteiger partial charge in [-0.25, -0.2) is 0 Å². The van der Waals surface area contributed by atoms with Crippen LogP contribution in [0.25, 0.3) is 0 Å². The van der Waals surface area contributed by atoms with Crippen LogP contribution in [0, 0.1) is 5.92 Å². The molecule has 0 aliphatic carbocycles. The lowest BCUT2D eigenvalue weighted by atomic mass is 9.97. The number of hydrogen-bond acceptors (Lipinski definition) is 3. The van der Waals surface area contributed by atoms with Crippen molar-refractivity contribution in [2.45, 2.75) is 12.5 Å². The number of pyridine rings is 1. The first-order chi connectivity index (χ1) is 6.42. The summed E-state index contributed by atoms with van der Waals surface area (Å²) in [6.07, 6.45) is 4.86. The molecule has 1 aliphatic heterocycles. The summed E-state index contributed by atoms with van der Waals surface area (Å²) in [5, 5.41) is 0. The van der Waals surface area contributed by atoms with E-state index in [4.69, 9.17) is 10.5 Å². The van der Waals surface area contributed by atoms with Gasteiger partial charge in [-0.15, -0.1) is 0 Å². The van der Waals surface area contributed by atoms with E-state index < -0.39 is 0 Å². The molecule has 2 heterocycles. The zero-order chi connectivity index (χ0) is 9.10. The highest BCUT2D eigenvalue weighted by Crippen LogP contribution is 2.32. The lowest BCUT2D eigenvalue weighted by molar-refractivity contribution is 0.0922. The first-order valence-electron chi connectivity index (χ1n) is 4.63. The van der Waals surface area contributed by atoms with Crippen LogP contribution in [0.4, 0.5) is 0 Å². The number of nitrogens with two attached hydrogens (primary N) is 1. The Labute approximate surface area is 77.9 Å². The second-order valence-electron chi connectivity index (χ2n) is 3.36. The topological polar surface area (TPSA) is 48.1 Å². The van der Waals surface area contributed by atoms with Gasteiger partial charge < -0.3 is 10.5 Å². The molecule has 1 saturated heterocycles. The van der Waals surface area contributed by atoms with Crippen molar-refractivity contribution in [2.75, 3.05) is 13.2 Å². The molecule has 0 amide bonds. The van der Waals surface area contributed by atoms with Crippen molar-refractivity contribution in [3.8, 4) is 0 Å². The van der Waals surface area contributed by atoms with Gasteiger partial charge in [0, 0.05) is 24.9 Å². The van der Waals surface area contributed by atoms with Gasteiger partial charge in [-0.05, 0) is 24.6 Å². The van der Waals surface area contributed by atoms with Crippen molar-refractivity contribution in [1.29, 1.82) is 0 Å². The van der Waals surface area contributed by atoms with Crippen molar-refractivity contribution in [2.24, 2.45) is 11.7 Å². The van der Waals surface area contributed by atoms with E-state index in [2.05, 4.69) is 4.98 Å². The smallest absolute Gasteiger partial charge is 0.0880 e. The highest BCUT2D eigenvalue weighted by molar-refractivity contribution is 5.14. The first kappa shape index (κ1) is 8.66. The van der Waals surface area contributed by atoms with Gasteiger partial charge in [0.15, 0.2) is 0 Å². The Morgan fingerprint density at radius 3 is 3.23 bits per heavy atom. The highest BCUT2D eigenvalue weighted by Gasteiger charge is 2.28. The van der Waals surface area contributed by atoms with Crippen LogP contribution in [0.15, 0.2) is 24.5 Å². The van der Waals surface area contributed by atoms with E-state index in [0.717, 1.165) is 18.6 Å².